The minimum Gasteiger partial charge on any atom is -0.437 e. The summed E-state index contributed by atoms with van der Waals surface area (Å²) in [5.74, 6) is -2.20. The molecule has 0 radical (unpaired) electrons. The molecule has 0 spiro atoms. The fraction of sp³-hybridized carbons (Fsp3) is 0.235. The smallest absolute Gasteiger partial charge is 0.201 e. The molecule has 26 heavy (non-hydrogen) atoms. The molecule has 0 bridgehead atoms. The lowest BCUT2D eigenvalue weighted by atomic mass is 10.1. The van der Waals surface area contributed by atoms with Gasteiger partial charge in [-0.15, -0.1) is 0 Å². The Morgan fingerprint density at radius 2 is 2.15 bits per heavy atom. The van der Waals surface area contributed by atoms with E-state index in [0.29, 0.717) is 11.3 Å². The molecule has 2 heterocycles. The number of fused-ring (bicyclic) bond motifs is 1. The van der Waals surface area contributed by atoms with Gasteiger partial charge in [0.2, 0.25) is 5.75 Å². The minimum atomic E-state index is -0.911. The maximum atomic E-state index is 14.3. The first-order valence-corrected chi connectivity index (χ1v) is 7.94. The number of benzene rings is 1. The normalized spacial score (nSPS) is 12.1. The monoisotopic (exact) mass is 360 g/mol. The van der Waals surface area contributed by atoms with Gasteiger partial charge >= 0.3 is 0 Å². The Balaban J connectivity index is 1.73. The van der Waals surface area contributed by atoms with Crippen LogP contribution in [0.25, 0.3) is 10.9 Å². The fourth-order valence-electron chi connectivity index (χ4n) is 2.40. The van der Waals surface area contributed by atoms with Crippen LogP contribution in [0.4, 0.5) is 14.6 Å². The highest BCUT2D eigenvalue weighted by molar-refractivity contribution is 5.99. The van der Waals surface area contributed by atoms with Crippen LogP contribution >= 0.6 is 0 Å². The van der Waals surface area contributed by atoms with Crippen molar-refractivity contribution in [2.45, 2.75) is 26.2 Å². The summed E-state index contributed by atoms with van der Waals surface area (Å²) in [5.41, 5.74) is 6.98. The third-order valence-corrected chi connectivity index (χ3v) is 3.73. The van der Waals surface area contributed by atoms with Crippen LogP contribution in [0.3, 0.4) is 0 Å². The third-order valence-electron chi connectivity index (χ3n) is 3.73. The topological polar surface area (TPSA) is 116 Å². The van der Waals surface area contributed by atoms with Crippen LogP contribution in [0.1, 0.15) is 31.9 Å². The molecule has 3 aromatic rings. The van der Waals surface area contributed by atoms with E-state index >= 15 is 0 Å². The summed E-state index contributed by atoms with van der Waals surface area (Å²) in [6.45, 7) is 4.00. The molecule has 0 unspecified atom stereocenters. The maximum Gasteiger partial charge on any atom is 0.201 e. The molecular weight excluding hydrogens is 342 g/mol. The number of hydrogen-bond acceptors (Lipinski definition) is 4. The number of ether oxygens (including phenoxy) is 1. The van der Waals surface area contributed by atoms with Gasteiger partial charge in [-0.3, -0.25) is 10.5 Å². The number of rotatable bonds is 5. The molecule has 136 valence electrons. The summed E-state index contributed by atoms with van der Waals surface area (Å²) in [6, 6.07) is 4.30. The Morgan fingerprint density at radius 3 is 2.85 bits per heavy atom. The molecule has 5 N–H and O–H groups in total. The van der Waals surface area contributed by atoms with Crippen LogP contribution in [0, 0.1) is 17.0 Å². The van der Waals surface area contributed by atoms with Gasteiger partial charge in [0.25, 0.3) is 0 Å². The average molecular weight is 360 g/mol. The predicted octanol–water partition coefficient (Wildman–Crippen LogP) is 3.73. The van der Waals surface area contributed by atoms with Gasteiger partial charge in [0, 0.05) is 29.4 Å². The second kappa shape index (κ2) is 6.95. The van der Waals surface area contributed by atoms with Gasteiger partial charge in [0.15, 0.2) is 23.4 Å². The summed E-state index contributed by atoms with van der Waals surface area (Å²) in [4.78, 5) is 6.78. The highest BCUT2D eigenvalue weighted by Gasteiger charge is 2.18. The van der Waals surface area contributed by atoms with E-state index in [-0.39, 0.29) is 23.6 Å². The van der Waals surface area contributed by atoms with E-state index in [1.54, 1.807) is 6.07 Å². The second-order valence-electron chi connectivity index (χ2n) is 6.08. The van der Waals surface area contributed by atoms with E-state index in [1.807, 2.05) is 13.8 Å². The van der Waals surface area contributed by atoms with Gasteiger partial charge in [0.1, 0.15) is 5.84 Å². The van der Waals surface area contributed by atoms with Crippen molar-refractivity contribution in [3.05, 3.63) is 41.7 Å². The molecule has 0 aliphatic rings. The summed E-state index contributed by atoms with van der Waals surface area (Å²) < 4.78 is 33.4. The first-order valence-electron chi connectivity index (χ1n) is 7.94. The Kier molecular flexibility index (Phi) is 4.70. The van der Waals surface area contributed by atoms with Crippen molar-refractivity contribution in [3.8, 4) is 5.75 Å². The van der Waals surface area contributed by atoms with Crippen molar-refractivity contribution < 1.29 is 13.5 Å². The van der Waals surface area contributed by atoms with E-state index in [2.05, 4.69) is 20.2 Å². The molecule has 0 aliphatic heterocycles. The molecule has 0 amide bonds. The van der Waals surface area contributed by atoms with E-state index in [4.69, 9.17) is 15.9 Å². The lowest BCUT2D eigenvalue weighted by Crippen LogP contribution is -2.20. The van der Waals surface area contributed by atoms with E-state index < -0.39 is 23.3 Å². The van der Waals surface area contributed by atoms with Gasteiger partial charge in [0.05, 0.1) is 11.9 Å². The Morgan fingerprint density at radius 1 is 1.38 bits per heavy atom. The minimum absolute atomic E-state index is 0.0420. The molecule has 2 aromatic heterocycles. The van der Waals surface area contributed by atoms with Crippen LogP contribution in [-0.4, -0.2) is 26.9 Å². The molecular formula is C17H18F2N6O. The standard InChI is InChI=1S/C17H18F2N6O/c1-8(2)11-6-15(25-24-11)23-13(20)7-14(21)26-17-10(18)5-12-9(16(17)19)3-4-22-12/h3-6,8,21-22H,7H2,1-2H3,(H3,20,23,24,25). The molecule has 0 aliphatic carbocycles. The number of nitrogens with zero attached hydrogens (tertiary/aromatic N) is 2. The number of aromatic amines is 2. The quantitative estimate of drug-likeness (QED) is 0.410. The molecule has 1 aromatic carbocycles. The lowest BCUT2D eigenvalue weighted by Gasteiger charge is -2.09. The van der Waals surface area contributed by atoms with E-state index in [1.165, 1.54) is 12.3 Å². The van der Waals surface area contributed by atoms with Gasteiger partial charge in [-0.25, -0.2) is 13.8 Å². The van der Waals surface area contributed by atoms with Gasteiger partial charge in [-0.2, -0.15) is 5.10 Å². The third kappa shape index (κ3) is 3.56. The zero-order valence-corrected chi connectivity index (χ0v) is 14.2. The first kappa shape index (κ1) is 17.6. The van der Waals surface area contributed by atoms with E-state index in [0.717, 1.165) is 11.8 Å². The summed E-state index contributed by atoms with van der Waals surface area (Å²) in [7, 11) is 0. The van der Waals surface area contributed by atoms with Crippen LogP contribution in [0.2, 0.25) is 0 Å². The highest BCUT2D eigenvalue weighted by atomic mass is 19.1. The number of hydrogen-bond donors (Lipinski definition) is 4. The van der Waals surface area contributed by atoms with Crippen molar-refractivity contribution in [2.75, 3.05) is 0 Å². The number of nitrogens with one attached hydrogen (secondary N) is 3. The first-order chi connectivity index (χ1) is 12.3. The van der Waals surface area contributed by atoms with Crippen molar-refractivity contribution in [3.63, 3.8) is 0 Å². The number of aliphatic imine (C=N–C) groups is 1. The SMILES string of the molecule is CC(C)c1cc(N=C(N)CC(=N)Oc2c(F)cc3[nH]ccc3c2F)n[nH]1. The van der Waals surface area contributed by atoms with Crippen LogP contribution in [0.15, 0.2) is 29.4 Å². The van der Waals surface area contributed by atoms with Gasteiger partial charge in [-0.05, 0) is 12.0 Å². The van der Waals surface area contributed by atoms with Gasteiger partial charge in [-0.1, -0.05) is 13.8 Å². The molecule has 0 saturated carbocycles. The Labute approximate surface area is 147 Å². The van der Waals surface area contributed by atoms with Crippen molar-refractivity contribution in [2.24, 2.45) is 10.7 Å². The predicted molar refractivity (Wildman–Crippen MR) is 95.1 cm³/mol. The lowest BCUT2D eigenvalue weighted by molar-refractivity contribution is 0.445. The molecule has 9 heteroatoms. The van der Waals surface area contributed by atoms with Crippen molar-refractivity contribution >= 4 is 28.5 Å². The van der Waals surface area contributed by atoms with E-state index in [9.17, 15) is 8.78 Å². The number of H-pyrrole nitrogens is 2. The maximum absolute atomic E-state index is 14.3. The summed E-state index contributed by atoms with van der Waals surface area (Å²) >= 11 is 0. The molecule has 0 saturated heterocycles. The summed E-state index contributed by atoms with van der Waals surface area (Å²) in [5, 5.41) is 14.8. The average Bonchev–Trinajstić information content (AvgIpc) is 3.20. The van der Waals surface area contributed by atoms with Crippen LogP contribution < -0.4 is 10.5 Å². The number of nitrogens with two attached hydrogens (primary N) is 1. The molecule has 0 atom stereocenters. The second-order valence-corrected chi connectivity index (χ2v) is 6.08. The Bertz CT molecular complexity index is 988. The largest absolute Gasteiger partial charge is 0.437 e. The fourth-order valence-corrected chi connectivity index (χ4v) is 2.40. The molecule has 3 rings (SSSR count). The van der Waals surface area contributed by atoms with Gasteiger partial charge < -0.3 is 15.5 Å². The highest BCUT2D eigenvalue weighted by Crippen LogP contribution is 2.29. The zero-order valence-electron chi connectivity index (χ0n) is 14.2. The Hall–Kier alpha value is -3.23. The number of aromatic nitrogens is 3. The van der Waals surface area contributed by atoms with Crippen molar-refractivity contribution in [1.29, 1.82) is 5.41 Å². The van der Waals surface area contributed by atoms with Crippen molar-refractivity contribution in [1.82, 2.24) is 15.2 Å². The zero-order chi connectivity index (χ0) is 18.8. The summed E-state index contributed by atoms with van der Waals surface area (Å²) in [6.07, 6.45) is 1.27. The molecule has 0 fully saturated rings. The molecule has 7 nitrogen and oxygen atoms in total. The van der Waals surface area contributed by atoms with Crippen LogP contribution in [-0.2, 0) is 0 Å². The number of amidine groups is 1. The number of halogens is 2. The van der Waals surface area contributed by atoms with Crippen LogP contribution in [0.5, 0.6) is 5.75 Å².